The maximum absolute atomic E-state index is 3.56. The van der Waals surface area contributed by atoms with Crippen molar-refractivity contribution in [3.05, 3.63) is 30.3 Å². The second kappa shape index (κ2) is 4.85. The Bertz CT molecular complexity index is 273. The molecule has 1 aliphatic heterocycles. The molecule has 1 aromatic carbocycles. The molecular formula is C12H17NS. The highest BCUT2D eigenvalue weighted by Crippen LogP contribution is 2.22. The minimum Gasteiger partial charge on any atom is -0.313 e. The second-order valence-electron chi connectivity index (χ2n) is 4.07. The highest BCUT2D eigenvalue weighted by Gasteiger charge is 2.19. The molecule has 1 nitrogen and oxygen atoms in total. The second-order valence-corrected chi connectivity index (χ2v) is 5.16. The molecule has 1 N–H and O–H groups in total. The van der Waals surface area contributed by atoms with Crippen LogP contribution in [0.3, 0.4) is 0 Å². The molecule has 1 saturated heterocycles. The lowest BCUT2D eigenvalue weighted by Gasteiger charge is -2.09. The summed E-state index contributed by atoms with van der Waals surface area (Å²) in [5.74, 6) is 2.06. The van der Waals surface area contributed by atoms with Gasteiger partial charge in [0.15, 0.2) is 0 Å². The molecule has 0 spiro atoms. The van der Waals surface area contributed by atoms with Gasteiger partial charge >= 0.3 is 0 Å². The van der Waals surface area contributed by atoms with Gasteiger partial charge in [0.25, 0.3) is 0 Å². The standard InChI is InChI=1S/C12H17NS/c1-10-7-11(13-8-10)9-14-12-5-3-2-4-6-12/h2-6,10-11,13H,7-9H2,1H3/t10-,11-/m1/s1. The minimum atomic E-state index is 0.718. The van der Waals surface area contributed by atoms with E-state index in [0.717, 1.165) is 12.0 Å². The molecule has 1 heterocycles. The zero-order chi connectivity index (χ0) is 9.80. The van der Waals surface area contributed by atoms with Crippen molar-refractivity contribution in [2.75, 3.05) is 12.3 Å². The van der Waals surface area contributed by atoms with Crippen LogP contribution < -0.4 is 5.32 Å². The molecule has 0 amide bonds. The maximum Gasteiger partial charge on any atom is 0.0164 e. The van der Waals surface area contributed by atoms with Crippen LogP contribution >= 0.6 is 11.8 Å². The zero-order valence-corrected chi connectivity index (χ0v) is 9.39. The van der Waals surface area contributed by atoms with Crippen molar-refractivity contribution in [3.8, 4) is 0 Å². The average Bonchev–Trinajstić information content (AvgIpc) is 2.63. The van der Waals surface area contributed by atoms with Gasteiger partial charge in [-0.15, -0.1) is 11.8 Å². The van der Waals surface area contributed by atoms with Crippen molar-refractivity contribution < 1.29 is 0 Å². The molecule has 1 aromatic rings. The molecule has 0 radical (unpaired) electrons. The molecule has 1 aliphatic rings. The van der Waals surface area contributed by atoms with Crippen molar-refractivity contribution in [2.45, 2.75) is 24.3 Å². The summed E-state index contributed by atoms with van der Waals surface area (Å²) in [4.78, 5) is 1.38. The molecular weight excluding hydrogens is 190 g/mol. The summed E-state index contributed by atoms with van der Waals surface area (Å²) in [5, 5.41) is 3.56. The zero-order valence-electron chi connectivity index (χ0n) is 8.57. The first kappa shape index (κ1) is 10.1. The first-order valence-electron chi connectivity index (χ1n) is 5.26. The Labute approximate surface area is 90.3 Å². The van der Waals surface area contributed by atoms with Crippen molar-refractivity contribution in [1.29, 1.82) is 0 Å². The van der Waals surface area contributed by atoms with Gasteiger partial charge < -0.3 is 5.32 Å². The Morgan fingerprint density at radius 1 is 1.36 bits per heavy atom. The molecule has 0 saturated carbocycles. The third kappa shape index (κ3) is 2.76. The van der Waals surface area contributed by atoms with Crippen molar-refractivity contribution in [3.63, 3.8) is 0 Å². The van der Waals surface area contributed by atoms with E-state index in [1.807, 2.05) is 11.8 Å². The summed E-state index contributed by atoms with van der Waals surface area (Å²) in [6.45, 7) is 3.51. The molecule has 76 valence electrons. The molecule has 0 bridgehead atoms. The highest BCUT2D eigenvalue weighted by atomic mass is 32.2. The van der Waals surface area contributed by atoms with Gasteiger partial charge in [-0.25, -0.2) is 0 Å². The lowest BCUT2D eigenvalue weighted by Crippen LogP contribution is -2.23. The Morgan fingerprint density at radius 2 is 2.14 bits per heavy atom. The topological polar surface area (TPSA) is 12.0 Å². The van der Waals surface area contributed by atoms with Gasteiger partial charge in [-0.2, -0.15) is 0 Å². The van der Waals surface area contributed by atoms with Crippen LogP contribution in [0.15, 0.2) is 35.2 Å². The van der Waals surface area contributed by atoms with Crippen molar-refractivity contribution in [2.24, 2.45) is 5.92 Å². The van der Waals surface area contributed by atoms with Crippen LogP contribution in [-0.2, 0) is 0 Å². The maximum atomic E-state index is 3.56. The van der Waals surface area contributed by atoms with E-state index in [-0.39, 0.29) is 0 Å². The molecule has 0 aliphatic carbocycles. The average molecular weight is 207 g/mol. The molecule has 14 heavy (non-hydrogen) atoms. The third-order valence-electron chi connectivity index (χ3n) is 2.64. The Morgan fingerprint density at radius 3 is 2.79 bits per heavy atom. The number of benzene rings is 1. The largest absolute Gasteiger partial charge is 0.313 e. The summed E-state index contributed by atoms with van der Waals surface area (Å²) in [6.07, 6.45) is 1.33. The van der Waals surface area contributed by atoms with Crippen LogP contribution in [0.2, 0.25) is 0 Å². The van der Waals surface area contributed by atoms with Crippen LogP contribution in [0.1, 0.15) is 13.3 Å². The van der Waals surface area contributed by atoms with Crippen LogP contribution in [0.25, 0.3) is 0 Å². The third-order valence-corrected chi connectivity index (χ3v) is 3.81. The predicted molar refractivity (Wildman–Crippen MR) is 62.7 cm³/mol. The lowest BCUT2D eigenvalue weighted by atomic mass is 10.1. The van der Waals surface area contributed by atoms with Crippen LogP contribution in [-0.4, -0.2) is 18.3 Å². The number of hydrogen-bond donors (Lipinski definition) is 1. The van der Waals surface area contributed by atoms with E-state index in [4.69, 9.17) is 0 Å². The van der Waals surface area contributed by atoms with E-state index < -0.39 is 0 Å². The molecule has 0 aromatic heterocycles. The van der Waals surface area contributed by atoms with Gasteiger partial charge in [0.2, 0.25) is 0 Å². The molecule has 2 atom stereocenters. The molecule has 1 fully saturated rings. The summed E-state index contributed by atoms with van der Waals surface area (Å²) in [6, 6.07) is 11.4. The van der Waals surface area contributed by atoms with Gasteiger partial charge in [0.1, 0.15) is 0 Å². The highest BCUT2D eigenvalue weighted by molar-refractivity contribution is 7.99. The summed E-state index contributed by atoms with van der Waals surface area (Å²) >= 11 is 1.96. The molecule has 0 unspecified atom stereocenters. The van der Waals surface area contributed by atoms with E-state index in [9.17, 15) is 0 Å². The van der Waals surface area contributed by atoms with Gasteiger partial charge in [-0.1, -0.05) is 25.1 Å². The van der Waals surface area contributed by atoms with E-state index in [2.05, 4.69) is 42.6 Å². The van der Waals surface area contributed by atoms with Gasteiger partial charge in [-0.3, -0.25) is 0 Å². The molecule has 2 rings (SSSR count). The first-order valence-corrected chi connectivity index (χ1v) is 6.24. The fourth-order valence-corrected chi connectivity index (χ4v) is 2.86. The Hall–Kier alpha value is -0.470. The summed E-state index contributed by atoms with van der Waals surface area (Å²) in [7, 11) is 0. The number of rotatable bonds is 3. The fourth-order valence-electron chi connectivity index (χ4n) is 1.86. The molecule has 2 heteroatoms. The Balaban J connectivity index is 1.78. The number of thioether (sulfide) groups is 1. The number of nitrogens with one attached hydrogen (secondary N) is 1. The minimum absolute atomic E-state index is 0.718. The quantitative estimate of drug-likeness (QED) is 0.765. The first-order chi connectivity index (χ1) is 6.84. The van der Waals surface area contributed by atoms with Gasteiger partial charge in [0.05, 0.1) is 0 Å². The number of hydrogen-bond acceptors (Lipinski definition) is 2. The van der Waals surface area contributed by atoms with Crippen molar-refractivity contribution in [1.82, 2.24) is 5.32 Å². The SMILES string of the molecule is C[C@H]1CN[C@@H](CSc2ccccc2)C1. The fraction of sp³-hybridized carbons (Fsp3) is 0.500. The van der Waals surface area contributed by atoms with Gasteiger partial charge in [-0.05, 0) is 31.0 Å². The van der Waals surface area contributed by atoms with Gasteiger partial charge in [0, 0.05) is 16.7 Å². The summed E-state index contributed by atoms with van der Waals surface area (Å²) in [5.41, 5.74) is 0. The van der Waals surface area contributed by atoms with Crippen LogP contribution in [0.4, 0.5) is 0 Å². The predicted octanol–water partition coefficient (Wildman–Crippen LogP) is 2.78. The monoisotopic (exact) mass is 207 g/mol. The lowest BCUT2D eigenvalue weighted by molar-refractivity contribution is 0.626. The van der Waals surface area contributed by atoms with Crippen LogP contribution in [0, 0.1) is 5.92 Å². The van der Waals surface area contributed by atoms with E-state index >= 15 is 0 Å². The normalized spacial score (nSPS) is 26.6. The smallest absolute Gasteiger partial charge is 0.0164 e. The summed E-state index contributed by atoms with van der Waals surface area (Å²) < 4.78 is 0. The Kier molecular flexibility index (Phi) is 3.49. The van der Waals surface area contributed by atoms with Crippen molar-refractivity contribution >= 4 is 11.8 Å². The van der Waals surface area contributed by atoms with E-state index in [0.29, 0.717) is 0 Å². The van der Waals surface area contributed by atoms with E-state index in [1.165, 1.54) is 23.6 Å². The van der Waals surface area contributed by atoms with E-state index in [1.54, 1.807) is 0 Å². The van der Waals surface area contributed by atoms with Crippen LogP contribution in [0.5, 0.6) is 0 Å².